The van der Waals surface area contributed by atoms with Crippen molar-refractivity contribution < 1.29 is 27.5 Å². The maximum absolute atomic E-state index is 14.1. The summed E-state index contributed by atoms with van der Waals surface area (Å²) in [6.07, 6.45) is 11.2. The molecule has 3 aromatic rings. The topological polar surface area (TPSA) is 152 Å². The van der Waals surface area contributed by atoms with Gasteiger partial charge in [0.15, 0.2) is 0 Å². The number of carbonyl (C=O) groups is 3. The van der Waals surface area contributed by atoms with E-state index in [0.717, 1.165) is 30.2 Å². The number of nitrogens with one attached hydrogen (secondary N) is 2. The van der Waals surface area contributed by atoms with Gasteiger partial charge >= 0.3 is 0 Å². The number of sulfonamides is 1. The molecule has 47 heavy (non-hydrogen) atoms. The molecule has 12 nitrogen and oxygen atoms in total. The second-order valence-electron chi connectivity index (χ2n) is 14.4. The predicted octanol–water partition coefficient (Wildman–Crippen LogP) is 3.51. The summed E-state index contributed by atoms with van der Waals surface area (Å²) in [5, 5.41) is 3.71. The highest BCUT2D eigenvalue weighted by molar-refractivity contribution is 7.91. The fourth-order valence-electron chi connectivity index (χ4n) is 7.25. The van der Waals surface area contributed by atoms with Gasteiger partial charge < -0.3 is 15.0 Å². The molecular weight excluding hydrogens is 620 g/mol. The monoisotopic (exact) mass is 662 g/mol. The minimum atomic E-state index is -3.92. The Morgan fingerprint density at radius 3 is 2.70 bits per heavy atom. The van der Waals surface area contributed by atoms with Crippen molar-refractivity contribution in [3.8, 4) is 5.88 Å². The van der Waals surface area contributed by atoms with Crippen LogP contribution in [0.5, 0.6) is 5.88 Å². The molecule has 1 saturated heterocycles. The molecule has 2 aromatic heterocycles. The molecule has 6 atom stereocenters. The third-order valence-corrected chi connectivity index (χ3v) is 12.7. The Morgan fingerprint density at radius 1 is 1.13 bits per heavy atom. The van der Waals surface area contributed by atoms with Crippen LogP contribution in [-0.4, -0.2) is 74.4 Å². The summed E-state index contributed by atoms with van der Waals surface area (Å²) in [6, 6.07) is 6.77. The van der Waals surface area contributed by atoms with Crippen molar-refractivity contribution >= 4 is 44.4 Å². The zero-order valence-electron chi connectivity index (χ0n) is 27.0. The fourth-order valence-corrected chi connectivity index (χ4v) is 8.56. The third kappa shape index (κ3) is 5.87. The Bertz CT molecular complexity index is 1890. The Balaban J connectivity index is 1.18. The summed E-state index contributed by atoms with van der Waals surface area (Å²) in [4.78, 5) is 52.2. The van der Waals surface area contributed by atoms with Crippen LogP contribution in [0, 0.1) is 17.8 Å². The van der Waals surface area contributed by atoms with E-state index in [-0.39, 0.29) is 43.6 Å². The first kappa shape index (κ1) is 31.6. The molecule has 4 heterocycles. The molecule has 1 unspecified atom stereocenters. The Morgan fingerprint density at radius 2 is 1.91 bits per heavy atom. The van der Waals surface area contributed by atoms with Crippen LogP contribution in [0.4, 0.5) is 0 Å². The molecule has 2 aliphatic carbocycles. The number of carbonyl (C=O) groups excluding carboxylic acids is 3. The van der Waals surface area contributed by atoms with Crippen molar-refractivity contribution in [2.24, 2.45) is 17.8 Å². The van der Waals surface area contributed by atoms with Gasteiger partial charge in [-0.3, -0.25) is 23.5 Å². The minimum Gasteiger partial charge on any atom is -0.472 e. The van der Waals surface area contributed by atoms with Gasteiger partial charge in [0, 0.05) is 31.2 Å². The van der Waals surface area contributed by atoms with Gasteiger partial charge in [-0.05, 0) is 69.4 Å². The number of amides is 3. The molecular formula is C34H42N6O6S. The van der Waals surface area contributed by atoms with Crippen LogP contribution in [0.15, 0.2) is 48.8 Å². The lowest BCUT2D eigenvalue weighted by atomic mass is 9.91. The highest BCUT2D eigenvalue weighted by atomic mass is 32.2. The number of para-hydroxylation sites is 1. The number of hydrogen-bond acceptors (Lipinski definition) is 8. The van der Waals surface area contributed by atoms with Gasteiger partial charge in [-0.1, -0.05) is 38.1 Å². The number of ether oxygens (including phenoxy) is 1. The Labute approximate surface area is 274 Å². The SMILES string of the molecule is CC1CC/C=C\[C@@H]2C[C@@]2(C(=O)NS(=O)(=O)C2(C)CC2)NC(=O)[C@@H]2C[C@@H](Oc3nc4nccn4c4ccccc34)CN2C(=O)C[C@H](C)C1. The number of benzene rings is 1. The van der Waals surface area contributed by atoms with Gasteiger partial charge in [0.25, 0.3) is 5.91 Å². The molecule has 0 spiro atoms. The third-order valence-electron chi connectivity index (χ3n) is 10.5. The van der Waals surface area contributed by atoms with Crippen LogP contribution in [0.2, 0.25) is 0 Å². The molecule has 0 radical (unpaired) electrons. The number of fused-ring (bicyclic) bond motifs is 5. The maximum atomic E-state index is 14.1. The van der Waals surface area contributed by atoms with Gasteiger partial charge in [-0.25, -0.2) is 13.4 Å². The van der Waals surface area contributed by atoms with E-state index in [1.165, 1.54) is 0 Å². The van der Waals surface area contributed by atoms with E-state index in [9.17, 15) is 22.8 Å². The second kappa shape index (κ2) is 11.6. The van der Waals surface area contributed by atoms with Crippen LogP contribution < -0.4 is 14.8 Å². The number of allylic oxidation sites excluding steroid dienone is 1. The number of aromatic nitrogens is 3. The van der Waals surface area contributed by atoms with Crippen LogP contribution in [0.1, 0.15) is 72.1 Å². The standard InChI is InChI=1S/C34H42N6O6S/c1-21-8-4-5-9-23-19-34(23,31(43)38-47(44,45)33(3)12-13-33)37-29(42)27-18-24(20-40(27)28(41)17-22(2)16-21)46-30-25-10-6-7-11-26(25)39-15-14-35-32(39)36-30/h5-7,9-11,14-15,21-24,27H,4,8,12-13,16-20H2,1-3H3,(H,37,42)(H,38,43)/b9-5-/t21?,22-,23-,24-,27+,34-/m1/s1. The van der Waals surface area contributed by atoms with Crippen molar-refractivity contribution in [1.82, 2.24) is 29.3 Å². The van der Waals surface area contributed by atoms with Gasteiger partial charge in [0.05, 0.1) is 22.2 Å². The molecule has 2 N–H and O–H groups in total. The van der Waals surface area contributed by atoms with Crippen molar-refractivity contribution in [3.63, 3.8) is 0 Å². The summed E-state index contributed by atoms with van der Waals surface area (Å²) < 4.78 is 35.7. The van der Waals surface area contributed by atoms with Gasteiger partial charge in [-0.2, -0.15) is 4.98 Å². The largest absolute Gasteiger partial charge is 0.472 e. The summed E-state index contributed by atoms with van der Waals surface area (Å²) in [6.45, 7) is 6.02. The second-order valence-corrected chi connectivity index (χ2v) is 16.6. The average Bonchev–Trinajstić information content (AvgIpc) is 3.80. The van der Waals surface area contributed by atoms with E-state index >= 15 is 0 Å². The number of nitrogens with zero attached hydrogens (tertiary/aromatic N) is 4. The Kier molecular flexibility index (Phi) is 7.80. The fraction of sp³-hybridized carbons (Fsp3) is 0.559. The highest BCUT2D eigenvalue weighted by Gasteiger charge is 2.63. The first-order valence-electron chi connectivity index (χ1n) is 16.6. The van der Waals surface area contributed by atoms with E-state index in [0.29, 0.717) is 30.4 Å². The first-order valence-corrected chi connectivity index (χ1v) is 18.1. The zero-order valence-corrected chi connectivity index (χ0v) is 27.8. The average molecular weight is 663 g/mol. The van der Waals surface area contributed by atoms with Crippen molar-refractivity contribution in [2.75, 3.05) is 6.54 Å². The lowest BCUT2D eigenvalue weighted by Crippen LogP contribution is -2.57. The van der Waals surface area contributed by atoms with E-state index < -0.39 is 44.3 Å². The molecule has 2 aliphatic heterocycles. The summed E-state index contributed by atoms with van der Waals surface area (Å²) in [5.41, 5.74) is -0.548. The van der Waals surface area contributed by atoms with Crippen molar-refractivity contribution in [1.29, 1.82) is 0 Å². The molecule has 7 rings (SSSR count). The van der Waals surface area contributed by atoms with E-state index in [2.05, 4.69) is 33.9 Å². The highest BCUT2D eigenvalue weighted by Crippen LogP contribution is 2.47. The van der Waals surface area contributed by atoms with Crippen LogP contribution in [-0.2, 0) is 24.4 Å². The lowest BCUT2D eigenvalue weighted by Gasteiger charge is -2.28. The van der Waals surface area contributed by atoms with Gasteiger partial charge in [-0.15, -0.1) is 0 Å². The van der Waals surface area contributed by atoms with Gasteiger partial charge in [0.2, 0.25) is 33.5 Å². The summed E-state index contributed by atoms with van der Waals surface area (Å²) in [7, 11) is -3.92. The van der Waals surface area contributed by atoms with Crippen molar-refractivity contribution in [3.05, 3.63) is 48.8 Å². The van der Waals surface area contributed by atoms with Crippen LogP contribution in [0.3, 0.4) is 0 Å². The van der Waals surface area contributed by atoms with E-state index in [4.69, 9.17) is 4.74 Å². The molecule has 2 saturated carbocycles. The smallest absolute Gasteiger partial charge is 0.259 e. The lowest BCUT2D eigenvalue weighted by molar-refractivity contribution is -0.140. The van der Waals surface area contributed by atoms with E-state index in [1.807, 2.05) is 47.0 Å². The zero-order chi connectivity index (χ0) is 33.1. The van der Waals surface area contributed by atoms with Crippen LogP contribution >= 0.6 is 0 Å². The molecule has 3 amide bonds. The normalized spacial score (nSPS) is 31.6. The molecule has 4 aliphatic rings. The molecule has 13 heteroatoms. The molecule has 1 aromatic carbocycles. The number of hydrogen-bond donors (Lipinski definition) is 2. The van der Waals surface area contributed by atoms with E-state index in [1.54, 1.807) is 18.0 Å². The summed E-state index contributed by atoms with van der Waals surface area (Å²) >= 11 is 0. The van der Waals surface area contributed by atoms with Crippen molar-refractivity contribution in [2.45, 2.75) is 94.6 Å². The summed E-state index contributed by atoms with van der Waals surface area (Å²) in [5.74, 6) is -0.406. The van der Waals surface area contributed by atoms with Crippen LogP contribution in [0.25, 0.3) is 16.7 Å². The predicted molar refractivity (Wildman–Crippen MR) is 175 cm³/mol. The maximum Gasteiger partial charge on any atom is 0.259 e. The first-order chi connectivity index (χ1) is 22.4. The minimum absolute atomic E-state index is 0.114. The number of rotatable bonds is 5. The molecule has 3 fully saturated rings. The Hall–Kier alpha value is -4.00. The molecule has 250 valence electrons. The van der Waals surface area contributed by atoms with Gasteiger partial charge in [0.1, 0.15) is 17.7 Å². The quantitative estimate of drug-likeness (QED) is 0.394. The number of imidazole rings is 1. The molecule has 0 bridgehead atoms.